The molecule has 8 heteroatoms. The van der Waals surface area contributed by atoms with Crippen molar-refractivity contribution in [3.05, 3.63) is 18.0 Å². The molecule has 1 N–H and O–H groups in total. The van der Waals surface area contributed by atoms with Crippen molar-refractivity contribution >= 4 is 21.1 Å². The van der Waals surface area contributed by atoms with Crippen LogP contribution in [0.15, 0.2) is 21.7 Å². The molecule has 2 saturated heterocycles. The summed E-state index contributed by atoms with van der Waals surface area (Å²) in [6, 6.07) is 1.64. The van der Waals surface area contributed by atoms with E-state index in [2.05, 4.69) is 15.5 Å². The van der Waals surface area contributed by atoms with Crippen LogP contribution >= 0.6 is 0 Å². The second kappa shape index (κ2) is 5.00. The van der Waals surface area contributed by atoms with E-state index in [1.54, 1.807) is 10.4 Å². The summed E-state index contributed by atoms with van der Waals surface area (Å²) >= 11 is 0. The first-order chi connectivity index (χ1) is 10.6. The normalized spacial score (nSPS) is 25.9. The molecule has 2 fully saturated rings. The first kappa shape index (κ1) is 14.1. The van der Waals surface area contributed by atoms with E-state index in [0.29, 0.717) is 42.4 Å². The molecule has 0 unspecified atom stereocenters. The van der Waals surface area contributed by atoms with Gasteiger partial charge >= 0.3 is 0 Å². The Hall–Kier alpha value is -1.51. The number of hydrogen-bond donors (Lipinski definition) is 1. The van der Waals surface area contributed by atoms with Crippen LogP contribution < -0.4 is 5.32 Å². The molecule has 0 bridgehead atoms. The van der Waals surface area contributed by atoms with E-state index in [1.165, 1.54) is 6.20 Å². The van der Waals surface area contributed by atoms with Gasteiger partial charge in [-0.15, -0.1) is 0 Å². The maximum absolute atomic E-state index is 12.8. The molecule has 0 aromatic carbocycles. The molecule has 2 atom stereocenters. The Bertz CT molecular complexity index is 805. The summed E-state index contributed by atoms with van der Waals surface area (Å²) in [5, 5.41) is 7.93. The lowest BCUT2D eigenvalue weighted by molar-refractivity contribution is 0.439. The van der Waals surface area contributed by atoms with Gasteiger partial charge < -0.3 is 9.84 Å². The van der Waals surface area contributed by atoms with Crippen molar-refractivity contribution in [3.8, 4) is 0 Å². The molecular weight excluding hydrogens is 304 g/mol. The predicted molar refractivity (Wildman–Crippen MR) is 79.8 cm³/mol. The topological polar surface area (TPSA) is 88.3 Å². The zero-order valence-corrected chi connectivity index (χ0v) is 13.1. The number of fused-ring (bicyclic) bond motifs is 2. The van der Waals surface area contributed by atoms with Gasteiger partial charge in [-0.1, -0.05) is 12.1 Å². The minimum absolute atomic E-state index is 0.228. The van der Waals surface area contributed by atoms with Crippen molar-refractivity contribution in [2.24, 2.45) is 11.8 Å². The Balaban J connectivity index is 1.71. The van der Waals surface area contributed by atoms with Crippen LogP contribution in [0.5, 0.6) is 0 Å². The maximum Gasteiger partial charge on any atom is 0.258 e. The first-order valence-electron chi connectivity index (χ1n) is 7.54. The molecule has 4 heterocycles. The van der Waals surface area contributed by atoms with Crippen LogP contribution in [0.1, 0.15) is 12.6 Å². The third kappa shape index (κ3) is 2.05. The van der Waals surface area contributed by atoms with E-state index < -0.39 is 10.0 Å². The van der Waals surface area contributed by atoms with Crippen LogP contribution in [-0.4, -0.2) is 49.0 Å². The monoisotopic (exact) mass is 322 g/mol. The Morgan fingerprint density at radius 2 is 2.09 bits per heavy atom. The highest BCUT2D eigenvalue weighted by molar-refractivity contribution is 7.89. The van der Waals surface area contributed by atoms with Crippen LogP contribution in [0, 0.1) is 11.8 Å². The lowest BCUT2D eigenvalue weighted by Crippen LogP contribution is -2.32. The number of rotatable bonds is 3. The predicted octanol–water partition coefficient (Wildman–Crippen LogP) is 0.625. The first-order valence-corrected chi connectivity index (χ1v) is 8.98. The summed E-state index contributed by atoms with van der Waals surface area (Å²) in [7, 11) is -3.50. The number of aromatic nitrogens is 2. The van der Waals surface area contributed by atoms with E-state index in [-0.39, 0.29) is 4.90 Å². The highest BCUT2D eigenvalue weighted by atomic mass is 32.2. The van der Waals surface area contributed by atoms with Gasteiger partial charge in [0, 0.05) is 13.1 Å². The Kier molecular flexibility index (Phi) is 3.21. The summed E-state index contributed by atoms with van der Waals surface area (Å²) in [5.74, 6) is 0.849. The zero-order valence-electron chi connectivity index (χ0n) is 12.3. The SMILES string of the molecule is CCc1noc2ncc(S(=O)(=O)N3C[C@H]4CNC[C@H]4C3)cc12. The van der Waals surface area contributed by atoms with Crippen LogP contribution in [-0.2, 0) is 16.4 Å². The third-order valence-electron chi connectivity index (χ3n) is 4.71. The van der Waals surface area contributed by atoms with Gasteiger partial charge in [0.1, 0.15) is 4.90 Å². The molecule has 2 aliphatic rings. The lowest BCUT2D eigenvalue weighted by atomic mass is 10.0. The molecule has 7 nitrogen and oxygen atoms in total. The molecule has 2 aromatic rings. The van der Waals surface area contributed by atoms with Crippen LogP contribution in [0.3, 0.4) is 0 Å². The number of sulfonamides is 1. The zero-order chi connectivity index (χ0) is 15.3. The second-order valence-corrected chi connectivity index (χ2v) is 7.94. The standard InChI is InChI=1S/C14H18N4O3S/c1-2-13-12-3-11(6-16-14(12)21-17-13)22(19,20)18-7-9-4-15-5-10(9)8-18/h3,6,9-10,15H,2,4-5,7-8H2,1H3/t9-,10+. The fourth-order valence-corrected chi connectivity index (χ4v) is 4.94. The van der Waals surface area contributed by atoms with Crippen molar-refractivity contribution in [3.63, 3.8) is 0 Å². The summed E-state index contributed by atoms with van der Waals surface area (Å²) in [4.78, 5) is 4.34. The van der Waals surface area contributed by atoms with E-state index in [4.69, 9.17) is 4.52 Å². The van der Waals surface area contributed by atoms with Crippen molar-refractivity contribution in [2.45, 2.75) is 18.2 Å². The molecule has 22 heavy (non-hydrogen) atoms. The summed E-state index contributed by atoms with van der Waals surface area (Å²) in [6.45, 7) is 4.93. The minimum atomic E-state index is -3.50. The fraction of sp³-hybridized carbons (Fsp3) is 0.571. The van der Waals surface area contributed by atoms with Gasteiger partial charge in [-0.3, -0.25) is 0 Å². The van der Waals surface area contributed by atoms with Crippen LogP contribution in [0.4, 0.5) is 0 Å². The quantitative estimate of drug-likeness (QED) is 0.891. The molecule has 0 amide bonds. The number of nitrogens with one attached hydrogen (secondary N) is 1. The molecule has 0 radical (unpaired) electrons. The highest BCUT2D eigenvalue weighted by Gasteiger charge is 2.41. The number of nitrogens with zero attached hydrogens (tertiary/aromatic N) is 3. The van der Waals surface area contributed by atoms with Gasteiger partial charge in [-0.25, -0.2) is 13.4 Å². The van der Waals surface area contributed by atoms with Gasteiger partial charge in [-0.2, -0.15) is 4.31 Å². The summed E-state index contributed by atoms with van der Waals surface area (Å²) in [5.41, 5.74) is 1.13. The van der Waals surface area contributed by atoms with E-state index in [0.717, 1.165) is 18.8 Å². The van der Waals surface area contributed by atoms with Crippen molar-refractivity contribution in [1.82, 2.24) is 19.8 Å². The Morgan fingerprint density at radius 3 is 2.77 bits per heavy atom. The lowest BCUT2D eigenvalue weighted by Gasteiger charge is -2.17. The van der Waals surface area contributed by atoms with Crippen molar-refractivity contribution in [1.29, 1.82) is 0 Å². The second-order valence-electron chi connectivity index (χ2n) is 6.01. The van der Waals surface area contributed by atoms with E-state index in [1.807, 2.05) is 6.92 Å². The average molecular weight is 322 g/mol. The highest BCUT2D eigenvalue weighted by Crippen LogP contribution is 2.31. The smallest absolute Gasteiger partial charge is 0.258 e. The van der Waals surface area contributed by atoms with Gasteiger partial charge in [0.15, 0.2) is 0 Å². The molecular formula is C14H18N4O3S. The number of hydrogen-bond acceptors (Lipinski definition) is 6. The molecule has 2 aliphatic heterocycles. The molecule has 0 aliphatic carbocycles. The Morgan fingerprint density at radius 1 is 1.36 bits per heavy atom. The van der Waals surface area contributed by atoms with Crippen LogP contribution in [0.2, 0.25) is 0 Å². The molecule has 4 rings (SSSR count). The molecule has 2 aromatic heterocycles. The molecule has 118 valence electrons. The van der Waals surface area contributed by atoms with Crippen molar-refractivity contribution < 1.29 is 12.9 Å². The summed E-state index contributed by atoms with van der Waals surface area (Å²) < 4.78 is 32.4. The largest absolute Gasteiger partial charge is 0.336 e. The molecule has 0 spiro atoms. The van der Waals surface area contributed by atoms with Gasteiger partial charge in [0.25, 0.3) is 5.71 Å². The van der Waals surface area contributed by atoms with E-state index in [9.17, 15) is 8.42 Å². The molecule has 0 saturated carbocycles. The van der Waals surface area contributed by atoms with E-state index >= 15 is 0 Å². The third-order valence-corrected chi connectivity index (χ3v) is 6.50. The van der Waals surface area contributed by atoms with Gasteiger partial charge in [0.2, 0.25) is 10.0 Å². The summed E-state index contributed by atoms with van der Waals surface area (Å²) in [6.07, 6.45) is 2.05. The number of aryl methyl sites for hydroxylation is 1. The Labute approximate surface area is 128 Å². The van der Waals surface area contributed by atoms with Crippen molar-refractivity contribution in [2.75, 3.05) is 26.2 Å². The van der Waals surface area contributed by atoms with Crippen LogP contribution in [0.25, 0.3) is 11.1 Å². The average Bonchev–Trinajstić information content (AvgIpc) is 3.20. The van der Waals surface area contributed by atoms with Gasteiger partial charge in [0.05, 0.1) is 17.3 Å². The minimum Gasteiger partial charge on any atom is -0.336 e. The van der Waals surface area contributed by atoms with Gasteiger partial charge in [-0.05, 0) is 37.4 Å². The maximum atomic E-state index is 12.8. The fourth-order valence-electron chi connectivity index (χ4n) is 3.41. The number of pyridine rings is 1.